The van der Waals surface area contributed by atoms with Crippen LogP contribution in [0.4, 0.5) is 0 Å². The van der Waals surface area contributed by atoms with Gasteiger partial charge in [0.15, 0.2) is 0 Å². The molecule has 0 saturated heterocycles. The lowest BCUT2D eigenvalue weighted by Gasteiger charge is -2.07. The second kappa shape index (κ2) is 3.89. The number of benzene rings is 1. The standard InChI is InChI=1S/C12H9NO2/c1-14-10-5-2-4-9(8-13)12(10)11-6-3-7-15-11/h2-7H,1H3. The summed E-state index contributed by atoms with van der Waals surface area (Å²) >= 11 is 0. The van der Waals surface area contributed by atoms with E-state index in [0.29, 0.717) is 22.6 Å². The average Bonchev–Trinajstić information content (AvgIpc) is 2.81. The number of methoxy groups -OCH3 is 1. The topological polar surface area (TPSA) is 46.2 Å². The molecule has 0 N–H and O–H groups in total. The van der Waals surface area contributed by atoms with E-state index in [2.05, 4.69) is 6.07 Å². The molecule has 1 aromatic heterocycles. The van der Waals surface area contributed by atoms with Crippen LogP contribution in [0.5, 0.6) is 5.75 Å². The molecule has 74 valence electrons. The predicted molar refractivity (Wildman–Crippen MR) is 55.4 cm³/mol. The number of hydrogen-bond acceptors (Lipinski definition) is 3. The van der Waals surface area contributed by atoms with Crippen LogP contribution in [0.1, 0.15) is 5.56 Å². The molecule has 1 aromatic carbocycles. The van der Waals surface area contributed by atoms with Crippen LogP contribution in [0, 0.1) is 11.3 Å². The number of hydrogen-bond donors (Lipinski definition) is 0. The van der Waals surface area contributed by atoms with Crippen molar-refractivity contribution >= 4 is 0 Å². The van der Waals surface area contributed by atoms with Crippen molar-refractivity contribution < 1.29 is 9.15 Å². The molecule has 1 heterocycles. The SMILES string of the molecule is COc1cccc(C#N)c1-c1ccco1. The van der Waals surface area contributed by atoms with E-state index in [0.717, 1.165) is 0 Å². The van der Waals surface area contributed by atoms with Gasteiger partial charge in [-0.25, -0.2) is 0 Å². The van der Waals surface area contributed by atoms with E-state index >= 15 is 0 Å². The minimum Gasteiger partial charge on any atom is -0.496 e. The van der Waals surface area contributed by atoms with Gasteiger partial charge in [0, 0.05) is 0 Å². The van der Waals surface area contributed by atoms with E-state index in [4.69, 9.17) is 14.4 Å². The summed E-state index contributed by atoms with van der Waals surface area (Å²) in [5, 5.41) is 8.99. The largest absolute Gasteiger partial charge is 0.496 e. The van der Waals surface area contributed by atoms with Crippen molar-refractivity contribution in [3.8, 4) is 23.1 Å². The zero-order valence-electron chi connectivity index (χ0n) is 8.23. The Morgan fingerprint density at radius 2 is 2.13 bits per heavy atom. The molecular weight excluding hydrogens is 190 g/mol. The Bertz CT molecular complexity index is 495. The fourth-order valence-electron chi connectivity index (χ4n) is 1.47. The molecule has 0 saturated carbocycles. The maximum atomic E-state index is 8.99. The van der Waals surface area contributed by atoms with Gasteiger partial charge in [-0.3, -0.25) is 0 Å². The minimum atomic E-state index is 0.546. The third-order valence-electron chi connectivity index (χ3n) is 2.13. The van der Waals surface area contributed by atoms with Crippen molar-refractivity contribution in [2.45, 2.75) is 0 Å². The molecule has 0 fully saturated rings. The van der Waals surface area contributed by atoms with Gasteiger partial charge in [-0.2, -0.15) is 5.26 Å². The normalized spacial score (nSPS) is 9.60. The zero-order chi connectivity index (χ0) is 10.7. The molecule has 3 heteroatoms. The van der Waals surface area contributed by atoms with Crippen LogP contribution < -0.4 is 4.74 Å². The van der Waals surface area contributed by atoms with E-state index in [1.165, 1.54) is 0 Å². The van der Waals surface area contributed by atoms with Crippen LogP contribution in [0.3, 0.4) is 0 Å². The fourth-order valence-corrected chi connectivity index (χ4v) is 1.47. The first-order valence-electron chi connectivity index (χ1n) is 4.48. The Morgan fingerprint density at radius 1 is 1.27 bits per heavy atom. The Balaban J connectivity index is 2.67. The summed E-state index contributed by atoms with van der Waals surface area (Å²) in [7, 11) is 1.57. The molecule has 0 atom stereocenters. The number of nitrogens with zero attached hydrogens (tertiary/aromatic N) is 1. The Labute approximate surface area is 87.5 Å². The molecule has 0 unspecified atom stereocenters. The van der Waals surface area contributed by atoms with Gasteiger partial charge in [-0.05, 0) is 24.3 Å². The van der Waals surface area contributed by atoms with Crippen molar-refractivity contribution in [1.82, 2.24) is 0 Å². The van der Waals surface area contributed by atoms with Crippen molar-refractivity contribution in [1.29, 1.82) is 5.26 Å². The van der Waals surface area contributed by atoms with Crippen LogP contribution in [-0.2, 0) is 0 Å². The maximum Gasteiger partial charge on any atom is 0.138 e. The summed E-state index contributed by atoms with van der Waals surface area (Å²) in [4.78, 5) is 0. The summed E-state index contributed by atoms with van der Waals surface area (Å²) in [6.07, 6.45) is 1.57. The van der Waals surface area contributed by atoms with E-state index in [1.54, 1.807) is 43.7 Å². The molecule has 2 rings (SSSR count). The highest BCUT2D eigenvalue weighted by Gasteiger charge is 2.12. The van der Waals surface area contributed by atoms with Crippen LogP contribution in [0.15, 0.2) is 41.0 Å². The smallest absolute Gasteiger partial charge is 0.138 e. The highest BCUT2D eigenvalue weighted by atomic mass is 16.5. The van der Waals surface area contributed by atoms with Gasteiger partial charge in [0.2, 0.25) is 0 Å². The summed E-state index contributed by atoms with van der Waals surface area (Å²) in [6, 6.07) is 11.0. The van der Waals surface area contributed by atoms with Gasteiger partial charge in [0.1, 0.15) is 17.6 Å². The molecule has 0 bridgehead atoms. The quantitative estimate of drug-likeness (QED) is 0.747. The van der Waals surface area contributed by atoms with Gasteiger partial charge in [0.25, 0.3) is 0 Å². The number of ether oxygens (including phenoxy) is 1. The first kappa shape index (κ1) is 9.35. The molecule has 3 nitrogen and oxygen atoms in total. The average molecular weight is 199 g/mol. The Morgan fingerprint density at radius 3 is 2.73 bits per heavy atom. The summed E-state index contributed by atoms with van der Waals surface area (Å²) < 4.78 is 10.5. The van der Waals surface area contributed by atoms with Gasteiger partial charge in [-0.1, -0.05) is 6.07 Å². The highest BCUT2D eigenvalue weighted by molar-refractivity contribution is 5.72. The lowest BCUT2D eigenvalue weighted by Crippen LogP contribution is -1.90. The third kappa shape index (κ3) is 1.57. The molecule has 0 aliphatic rings. The highest BCUT2D eigenvalue weighted by Crippen LogP contribution is 2.33. The van der Waals surface area contributed by atoms with Crippen LogP contribution in [0.2, 0.25) is 0 Å². The molecule has 0 amide bonds. The Hall–Kier alpha value is -2.21. The van der Waals surface area contributed by atoms with Crippen LogP contribution >= 0.6 is 0 Å². The van der Waals surface area contributed by atoms with E-state index in [9.17, 15) is 0 Å². The first-order chi connectivity index (χ1) is 7.36. The molecular formula is C12H9NO2. The van der Waals surface area contributed by atoms with Crippen molar-refractivity contribution in [2.75, 3.05) is 7.11 Å². The molecule has 0 radical (unpaired) electrons. The van der Waals surface area contributed by atoms with E-state index in [-0.39, 0.29) is 0 Å². The molecule has 2 aromatic rings. The maximum absolute atomic E-state index is 8.99. The van der Waals surface area contributed by atoms with Gasteiger partial charge in [-0.15, -0.1) is 0 Å². The van der Waals surface area contributed by atoms with Crippen LogP contribution in [0.25, 0.3) is 11.3 Å². The Kier molecular flexibility index (Phi) is 2.42. The van der Waals surface area contributed by atoms with E-state index in [1.807, 2.05) is 0 Å². The van der Waals surface area contributed by atoms with Crippen molar-refractivity contribution in [3.63, 3.8) is 0 Å². The van der Waals surface area contributed by atoms with Crippen molar-refractivity contribution in [2.24, 2.45) is 0 Å². The summed E-state index contributed by atoms with van der Waals surface area (Å²) in [5.41, 5.74) is 1.25. The van der Waals surface area contributed by atoms with Crippen molar-refractivity contribution in [3.05, 3.63) is 42.2 Å². The second-order valence-corrected chi connectivity index (χ2v) is 2.97. The minimum absolute atomic E-state index is 0.546. The van der Waals surface area contributed by atoms with Crippen LogP contribution in [-0.4, -0.2) is 7.11 Å². The van der Waals surface area contributed by atoms with E-state index < -0.39 is 0 Å². The molecule has 15 heavy (non-hydrogen) atoms. The lowest BCUT2D eigenvalue weighted by atomic mass is 10.1. The predicted octanol–water partition coefficient (Wildman–Crippen LogP) is 2.83. The number of rotatable bonds is 2. The summed E-state index contributed by atoms with van der Waals surface area (Å²) in [6.45, 7) is 0. The monoisotopic (exact) mass is 199 g/mol. The molecule has 0 spiro atoms. The first-order valence-corrected chi connectivity index (χ1v) is 4.48. The number of nitriles is 1. The molecule has 0 aliphatic carbocycles. The third-order valence-corrected chi connectivity index (χ3v) is 2.13. The molecule has 0 aliphatic heterocycles. The second-order valence-electron chi connectivity index (χ2n) is 2.97. The fraction of sp³-hybridized carbons (Fsp3) is 0.0833. The number of furan rings is 1. The van der Waals surface area contributed by atoms with Gasteiger partial charge >= 0.3 is 0 Å². The lowest BCUT2D eigenvalue weighted by molar-refractivity contribution is 0.414. The summed E-state index contributed by atoms with van der Waals surface area (Å²) in [5.74, 6) is 1.29. The zero-order valence-corrected chi connectivity index (χ0v) is 8.23. The van der Waals surface area contributed by atoms with Gasteiger partial charge < -0.3 is 9.15 Å². The van der Waals surface area contributed by atoms with Gasteiger partial charge in [0.05, 0.1) is 24.5 Å².